The molecule has 1 aliphatic rings. The van der Waals surface area contributed by atoms with Crippen LogP contribution in [0.3, 0.4) is 0 Å². The number of nitrogens with two attached hydrogens (primary N) is 1. The molecule has 1 aliphatic heterocycles. The third kappa shape index (κ3) is 2.28. The van der Waals surface area contributed by atoms with Gasteiger partial charge in [0.15, 0.2) is 5.13 Å². The molecule has 0 saturated carbocycles. The molecule has 0 bridgehead atoms. The maximum absolute atomic E-state index is 11.8. The summed E-state index contributed by atoms with van der Waals surface area (Å²) in [6.07, 6.45) is 3.87. The Labute approximate surface area is 93.1 Å². The first-order valence-corrected chi connectivity index (χ1v) is 5.97. The summed E-state index contributed by atoms with van der Waals surface area (Å²) < 4.78 is 0. The molecule has 1 aromatic heterocycles. The molecule has 0 aromatic carbocycles. The second-order valence-corrected chi connectivity index (χ2v) is 5.11. The summed E-state index contributed by atoms with van der Waals surface area (Å²) in [6.45, 7) is 3.52. The Morgan fingerprint density at radius 2 is 2.53 bits per heavy atom. The summed E-state index contributed by atoms with van der Waals surface area (Å²) in [5.74, 6) is 0.428. The number of likely N-dealkylation sites (tertiary alicyclic amines) is 1. The van der Waals surface area contributed by atoms with Crippen molar-refractivity contribution in [2.45, 2.75) is 26.3 Å². The van der Waals surface area contributed by atoms with E-state index in [1.54, 1.807) is 6.20 Å². The quantitative estimate of drug-likeness (QED) is 0.829. The summed E-state index contributed by atoms with van der Waals surface area (Å²) in [6, 6.07) is 0. The first-order valence-electron chi connectivity index (χ1n) is 5.16. The van der Waals surface area contributed by atoms with Gasteiger partial charge in [-0.3, -0.25) is 4.79 Å². The zero-order chi connectivity index (χ0) is 10.8. The fourth-order valence-corrected chi connectivity index (χ4v) is 2.57. The van der Waals surface area contributed by atoms with E-state index in [1.165, 1.54) is 11.3 Å². The summed E-state index contributed by atoms with van der Waals surface area (Å²) in [7, 11) is 0. The molecule has 2 N–H and O–H groups in total. The maximum Gasteiger partial charge on any atom is 0.225 e. The molecule has 2 heterocycles. The van der Waals surface area contributed by atoms with Gasteiger partial charge in [-0.15, -0.1) is 11.3 Å². The van der Waals surface area contributed by atoms with E-state index in [0.717, 1.165) is 24.3 Å². The molecule has 15 heavy (non-hydrogen) atoms. The number of rotatable bonds is 2. The predicted octanol–water partition coefficient (Wildman–Crippen LogP) is 1.48. The van der Waals surface area contributed by atoms with E-state index in [2.05, 4.69) is 4.98 Å². The molecule has 82 valence electrons. The van der Waals surface area contributed by atoms with Gasteiger partial charge in [0.1, 0.15) is 0 Å². The van der Waals surface area contributed by atoms with Crippen molar-refractivity contribution in [3.05, 3.63) is 11.1 Å². The minimum Gasteiger partial charge on any atom is -0.375 e. The molecule has 1 saturated heterocycles. The standard InChI is InChI=1S/C10H15N3OS/c1-7-3-2-4-13(9(7)14)6-8-5-12-10(11)15-8/h5,7H,2-4,6H2,1H3,(H2,11,12). The van der Waals surface area contributed by atoms with Gasteiger partial charge in [0.2, 0.25) is 5.91 Å². The van der Waals surface area contributed by atoms with Crippen LogP contribution >= 0.6 is 11.3 Å². The van der Waals surface area contributed by atoms with Crippen LogP contribution in [0.5, 0.6) is 0 Å². The number of thiazole rings is 1. The third-order valence-corrected chi connectivity index (χ3v) is 3.53. The highest BCUT2D eigenvalue weighted by molar-refractivity contribution is 7.15. The molecule has 1 amide bonds. The molecule has 1 atom stereocenters. The van der Waals surface area contributed by atoms with Crippen molar-refractivity contribution < 1.29 is 4.79 Å². The van der Waals surface area contributed by atoms with Crippen molar-refractivity contribution in [3.63, 3.8) is 0 Å². The number of amides is 1. The second-order valence-electron chi connectivity index (χ2n) is 3.97. The molecular formula is C10H15N3OS. The Balaban J connectivity index is 2.02. The monoisotopic (exact) mass is 225 g/mol. The number of hydrogen-bond donors (Lipinski definition) is 1. The first kappa shape index (κ1) is 10.4. The van der Waals surface area contributed by atoms with E-state index in [-0.39, 0.29) is 11.8 Å². The lowest BCUT2D eigenvalue weighted by Crippen LogP contribution is -2.39. The number of aromatic nitrogens is 1. The third-order valence-electron chi connectivity index (χ3n) is 2.72. The highest BCUT2D eigenvalue weighted by atomic mass is 32.1. The number of carbonyl (C=O) groups is 1. The Kier molecular flexibility index (Phi) is 2.90. The van der Waals surface area contributed by atoms with Crippen molar-refractivity contribution in [2.75, 3.05) is 12.3 Å². The van der Waals surface area contributed by atoms with E-state index in [9.17, 15) is 4.79 Å². The lowest BCUT2D eigenvalue weighted by Gasteiger charge is -2.30. The Morgan fingerprint density at radius 1 is 1.73 bits per heavy atom. The molecule has 0 radical (unpaired) electrons. The van der Waals surface area contributed by atoms with Crippen LogP contribution in [0.2, 0.25) is 0 Å². The predicted molar refractivity (Wildman–Crippen MR) is 60.3 cm³/mol. The number of carbonyl (C=O) groups excluding carboxylic acids is 1. The fourth-order valence-electron chi connectivity index (χ4n) is 1.87. The topological polar surface area (TPSA) is 59.2 Å². The van der Waals surface area contributed by atoms with E-state index < -0.39 is 0 Å². The Morgan fingerprint density at radius 3 is 3.20 bits per heavy atom. The zero-order valence-corrected chi connectivity index (χ0v) is 9.59. The molecule has 0 aliphatic carbocycles. The van der Waals surface area contributed by atoms with E-state index >= 15 is 0 Å². The number of nitrogens with zero attached hydrogens (tertiary/aromatic N) is 2. The van der Waals surface area contributed by atoms with Gasteiger partial charge in [-0.1, -0.05) is 6.92 Å². The van der Waals surface area contributed by atoms with Gasteiger partial charge in [0, 0.05) is 23.5 Å². The smallest absolute Gasteiger partial charge is 0.225 e. The van der Waals surface area contributed by atoms with Gasteiger partial charge in [0.25, 0.3) is 0 Å². The SMILES string of the molecule is CC1CCCN(Cc2cnc(N)s2)C1=O. The molecule has 4 nitrogen and oxygen atoms in total. The lowest BCUT2D eigenvalue weighted by atomic mass is 9.99. The average molecular weight is 225 g/mol. The van der Waals surface area contributed by atoms with E-state index in [0.29, 0.717) is 11.7 Å². The zero-order valence-electron chi connectivity index (χ0n) is 8.77. The van der Waals surface area contributed by atoms with Gasteiger partial charge in [-0.05, 0) is 12.8 Å². The largest absolute Gasteiger partial charge is 0.375 e. The Hall–Kier alpha value is -1.10. The molecule has 1 unspecified atom stereocenters. The number of piperidine rings is 1. The van der Waals surface area contributed by atoms with Crippen LogP contribution in [0, 0.1) is 5.92 Å². The fraction of sp³-hybridized carbons (Fsp3) is 0.600. The average Bonchev–Trinajstić information content (AvgIpc) is 2.59. The van der Waals surface area contributed by atoms with Crippen LogP contribution < -0.4 is 5.73 Å². The van der Waals surface area contributed by atoms with Crippen LogP contribution in [-0.4, -0.2) is 22.3 Å². The molecule has 1 fully saturated rings. The van der Waals surface area contributed by atoms with Gasteiger partial charge in [0.05, 0.1) is 6.54 Å². The first-order chi connectivity index (χ1) is 7.16. The van der Waals surface area contributed by atoms with E-state index in [4.69, 9.17) is 5.73 Å². The Bertz CT molecular complexity index is 363. The summed E-state index contributed by atoms with van der Waals surface area (Å²) in [4.78, 5) is 18.8. The van der Waals surface area contributed by atoms with Gasteiger partial charge in [-0.2, -0.15) is 0 Å². The maximum atomic E-state index is 11.8. The molecule has 2 rings (SSSR count). The van der Waals surface area contributed by atoms with Crippen molar-refractivity contribution >= 4 is 22.4 Å². The van der Waals surface area contributed by atoms with Crippen molar-refractivity contribution in [3.8, 4) is 0 Å². The van der Waals surface area contributed by atoms with Crippen molar-refractivity contribution in [1.29, 1.82) is 0 Å². The molecular weight excluding hydrogens is 210 g/mol. The van der Waals surface area contributed by atoms with Gasteiger partial charge >= 0.3 is 0 Å². The minimum absolute atomic E-state index is 0.170. The van der Waals surface area contributed by atoms with Crippen LogP contribution in [-0.2, 0) is 11.3 Å². The highest BCUT2D eigenvalue weighted by Gasteiger charge is 2.25. The minimum atomic E-state index is 0.170. The highest BCUT2D eigenvalue weighted by Crippen LogP contribution is 2.22. The van der Waals surface area contributed by atoms with E-state index in [1.807, 2.05) is 11.8 Å². The van der Waals surface area contributed by atoms with Crippen LogP contribution in [0.15, 0.2) is 6.20 Å². The van der Waals surface area contributed by atoms with Crippen LogP contribution in [0.25, 0.3) is 0 Å². The van der Waals surface area contributed by atoms with Gasteiger partial charge < -0.3 is 10.6 Å². The second kappa shape index (κ2) is 4.18. The molecule has 1 aromatic rings. The number of hydrogen-bond acceptors (Lipinski definition) is 4. The van der Waals surface area contributed by atoms with Crippen LogP contribution in [0.4, 0.5) is 5.13 Å². The summed E-state index contributed by atoms with van der Waals surface area (Å²) in [5, 5.41) is 0.572. The molecule has 0 spiro atoms. The van der Waals surface area contributed by atoms with Crippen molar-refractivity contribution in [2.24, 2.45) is 5.92 Å². The summed E-state index contributed by atoms with van der Waals surface area (Å²) >= 11 is 1.46. The van der Waals surface area contributed by atoms with Crippen LogP contribution in [0.1, 0.15) is 24.6 Å². The van der Waals surface area contributed by atoms with Gasteiger partial charge in [-0.25, -0.2) is 4.98 Å². The normalized spacial score (nSPS) is 22.1. The molecule has 5 heteroatoms. The lowest BCUT2D eigenvalue weighted by molar-refractivity contribution is -0.138. The number of anilines is 1. The van der Waals surface area contributed by atoms with Crippen molar-refractivity contribution in [1.82, 2.24) is 9.88 Å². The summed E-state index contributed by atoms with van der Waals surface area (Å²) in [5.41, 5.74) is 5.55. The number of nitrogen functional groups attached to an aromatic ring is 1.